The number of rotatable bonds is 4. The molecule has 1 aliphatic heterocycles. The van der Waals surface area contributed by atoms with Gasteiger partial charge in [0.15, 0.2) is 0 Å². The number of carboxylic acid groups (broad SMARTS) is 1. The summed E-state index contributed by atoms with van der Waals surface area (Å²) in [7, 11) is -3.73. The van der Waals surface area contributed by atoms with Gasteiger partial charge in [-0.05, 0) is 32.6 Å². The first-order valence-electron chi connectivity index (χ1n) is 7.28. The van der Waals surface area contributed by atoms with Crippen LogP contribution in [-0.2, 0) is 19.6 Å². The van der Waals surface area contributed by atoms with E-state index in [2.05, 4.69) is 0 Å². The van der Waals surface area contributed by atoms with Crippen molar-refractivity contribution in [3.8, 4) is 0 Å². The van der Waals surface area contributed by atoms with Crippen molar-refractivity contribution in [2.45, 2.75) is 50.3 Å². The van der Waals surface area contributed by atoms with Crippen LogP contribution in [0.2, 0.25) is 0 Å². The molecule has 3 N–H and O–H groups in total. The molecule has 8 heteroatoms. The van der Waals surface area contributed by atoms with E-state index in [1.54, 1.807) is 6.92 Å². The lowest BCUT2D eigenvalue weighted by Gasteiger charge is -2.38. The third kappa shape index (κ3) is 3.06. The standard InChI is InChI=1S/C13H22N2O5S/c1-8-5-6-9(12(14)16)7-15(8)21(19,20)11-4-2-3-10(11)13(17)18/h8-11H,2-7H2,1H3,(H2,14,16)(H,17,18). The summed E-state index contributed by atoms with van der Waals surface area (Å²) >= 11 is 0. The molecule has 0 aromatic carbocycles. The highest BCUT2D eigenvalue weighted by atomic mass is 32.2. The van der Waals surface area contributed by atoms with E-state index in [1.165, 1.54) is 4.31 Å². The lowest BCUT2D eigenvalue weighted by molar-refractivity contribution is -0.141. The van der Waals surface area contributed by atoms with E-state index in [0.29, 0.717) is 32.1 Å². The number of piperidine rings is 1. The Kier molecular flexibility index (Phi) is 4.57. The Morgan fingerprint density at radius 1 is 1.19 bits per heavy atom. The van der Waals surface area contributed by atoms with Crippen LogP contribution < -0.4 is 5.73 Å². The maximum Gasteiger partial charge on any atom is 0.307 e. The van der Waals surface area contributed by atoms with E-state index in [1.807, 2.05) is 0 Å². The molecule has 0 radical (unpaired) electrons. The van der Waals surface area contributed by atoms with Crippen molar-refractivity contribution in [1.29, 1.82) is 0 Å². The largest absolute Gasteiger partial charge is 0.481 e. The second-order valence-corrected chi connectivity index (χ2v) is 8.16. The number of amides is 1. The average molecular weight is 318 g/mol. The second kappa shape index (κ2) is 5.92. The van der Waals surface area contributed by atoms with Crippen LogP contribution in [0.25, 0.3) is 0 Å². The van der Waals surface area contributed by atoms with E-state index >= 15 is 0 Å². The summed E-state index contributed by atoms with van der Waals surface area (Å²) in [6, 6.07) is -0.222. The molecule has 0 aromatic heterocycles. The molecule has 1 saturated heterocycles. The van der Waals surface area contributed by atoms with Crippen LogP contribution >= 0.6 is 0 Å². The Labute approximate surface area is 124 Å². The first kappa shape index (κ1) is 16.2. The molecule has 4 unspecified atom stereocenters. The Hall–Kier alpha value is -1.15. The minimum atomic E-state index is -3.73. The molecule has 0 bridgehead atoms. The van der Waals surface area contributed by atoms with Crippen LogP contribution in [0.4, 0.5) is 0 Å². The summed E-state index contributed by atoms with van der Waals surface area (Å²) in [5.74, 6) is -2.89. The van der Waals surface area contributed by atoms with E-state index in [0.717, 1.165) is 0 Å². The molecule has 21 heavy (non-hydrogen) atoms. The number of carbonyl (C=O) groups excluding carboxylic acids is 1. The Balaban J connectivity index is 2.25. The van der Waals surface area contributed by atoms with Crippen molar-refractivity contribution in [1.82, 2.24) is 4.31 Å². The van der Waals surface area contributed by atoms with Crippen molar-refractivity contribution in [3.05, 3.63) is 0 Å². The van der Waals surface area contributed by atoms with Gasteiger partial charge in [-0.1, -0.05) is 6.42 Å². The van der Waals surface area contributed by atoms with Crippen LogP contribution in [0.3, 0.4) is 0 Å². The molecular formula is C13H22N2O5S. The molecule has 4 atom stereocenters. The number of nitrogens with zero attached hydrogens (tertiary/aromatic N) is 1. The number of carbonyl (C=O) groups is 2. The molecule has 0 spiro atoms. The smallest absolute Gasteiger partial charge is 0.307 e. The number of hydrogen-bond acceptors (Lipinski definition) is 4. The summed E-state index contributed by atoms with van der Waals surface area (Å²) in [4.78, 5) is 22.6. The molecule has 7 nitrogen and oxygen atoms in total. The van der Waals surface area contributed by atoms with Crippen LogP contribution in [0.5, 0.6) is 0 Å². The highest BCUT2D eigenvalue weighted by Gasteiger charge is 2.47. The van der Waals surface area contributed by atoms with Crippen LogP contribution in [0.1, 0.15) is 39.0 Å². The van der Waals surface area contributed by atoms with Crippen molar-refractivity contribution in [2.75, 3.05) is 6.54 Å². The van der Waals surface area contributed by atoms with Gasteiger partial charge >= 0.3 is 5.97 Å². The second-order valence-electron chi connectivity index (χ2n) is 6.05. The maximum atomic E-state index is 12.8. The Morgan fingerprint density at radius 3 is 2.43 bits per heavy atom. The number of nitrogens with two attached hydrogens (primary N) is 1. The summed E-state index contributed by atoms with van der Waals surface area (Å²) in [5, 5.41) is 8.31. The summed E-state index contributed by atoms with van der Waals surface area (Å²) < 4.78 is 26.9. The monoisotopic (exact) mass is 318 g/mol. The number of hydrogen-bond donors (Lipinski definition) is 2. The molecule has 1 heterocycles. The predicted octanol–water partition coefficient (Wildman–Crippen LogP) is 0.155. The van der Waals surface area contributed by atoms with Gasteiger partial charge in [0.2, 0.25) is 15.9 Å². The summed E-state index contributed by atoms with van der Waals surface area (Å²) in [6.45, 7) is 1.86. The maximum absolute atomic E-state index is 12.8. The Morgan fingerprint density at radius 2 is 1.86 bits per heavy atom. The van der Waals surface area contributed by atoms with Gasteiger partial charge in [-0.3, -0.25) is 9.59 Å². The van der Waals surface area contributed by atoms with Crippen molar-refractivity contribution >= 4 is 21.9 Å². The van der Waals surface area contributed by atoms with Gasteiger partial charge in [0.25, 0.3) is 0 Å². The zero-order valence-electron chi connectivity index (χ0n) is 12.1. The summed E-state index contributed by atoms with van der Waals surface area (Å²) in [5.41, 5.74) is 5.29. The first-order valence-corrected chi connectivity index (χ1v) is 8.78. The van der Waals surface area contributed by atoms with Crippen molar-refractivity contribution < 1.29 is 23.1 Å². The molecule has 0 aromatic rings. The fourth-order valence-corrected chi connectivity index (χ4v) is 5.88. The normalized spacial score (nSPS) is 34.7. The van der Waals surface area contributed by atoms with Gasteiger partial charge in [-0.2, -0.15) is 4.31 Å². The number of aliphatic carboxylic acids is 1. The van der Waals surface area contributed by atoms with Crippen LogP contribution in [-0.4, -0.2) is 47.5 Å². The third-order valence-electron chi connectivity index (χ3n) is 4.71. The molecule has 2 fully saturated rings. The van der Waals surface area contributed by atoms with Gasteiger partial charge in [0.05, 0.1) is 17.1 Å². The summed E-state index contributed by atoms with van der Waals surface area (Å²) in [6.07, 6.45) is 2.50. The minimum Gasteiger partial charge on any atom is -0.481 e. The molecule has 120 valence electrons. The zero-order chi connectivity index (χ0) is 15.8. The fraction of sp³-hybridized carbons (Fsp3) is 0.846. The van der Waals surface area contributed by atoms with Crippen LogP contribution in [0.15, 0.2) is 0 Å². The van der Waals surface area contributed by atoms with Crippen LogP contribution in [0, 0.1) is 11.8 Å². The molecule has 1 amide bonds. The topological polar surface area (TPSA) is 118 Å². The van der Waals surface area contributed by atoms with E-state index < -0.39 is 39.0 Å². The number of carboxylic acids is 1. The molecule has 2 aliphatic rings. The van der Waals surface area contributed by atoms with Gasteiger partial charge in [-0.15, -0.1) is 0 Å². The van der Waals surface area contributed by atoms with E-state index in [9.17, 15) is 23.1 Å². The first-order chi connectivity index (χ1) is 9.75. The van der Waals surface area contributed by atoms with Gasteiger partial charge in [0, 0.05) is 12.6 Å². The highest BCUT2D eigenvalue weighted by molar-refractivity contribution is 7.89. The Bertz CT molecular complexity index is 533. The quantitative estimate of drug-likeness (QED) is 0.765. The lowest BCUT2D eigenvalue weighted by Crippen LogP contribution is -2.52. The fourth-order valence-electron chi connectivity index (χ4n) is 3.40. The third-order valence-corrected chi connectivity index (χ3v) is 7.20. The number of sulfonamides is 1. The molecule has 1 aliphatic carbocycles. The van der Waals surface area contributed by atoms with Gasteiger partial charge in [0.1, 0.15) is 0 Å². The molecule has 2 rings (SSSR count). The van der Waals surface area contributed by atoms with E-state index in [4.69, 9.17) is 5.73 Å². The minimum absolute atomic E-state index is 0.0711. The van der Waals surface area contributed by atoms with Crippen molar-refractivity contribution in [2.24, 2.45) is 17.6 Å². The van der Waals surface area contributed by atoms with E-state index in [-0.39, 0.29) is 12.6 Å². The highest BCUT2D eigenvalue weighted by Crippen LogP contribution is 2.36. The molecule has 1 saturated carbocycles. The average Bonchev–Trinajstić information content (AvgIpc) is 2.88. The zero-order valence-corrected chi connectivity index (χ0v) is 12.9. The molecular weight excluding hydrogens is 296 g/mol. The van der Waals surface area contributed by atoms with Gasteiger partial charge < -0.3 is 10.8 Å². The lowest BCUT2D eigenvalue weighted by atomic mass is 9.95. The van der Waals surface area contributed by atoms with Gasteiger partial charge in [-0.25, -0.2) is 8.42 Å². The number of primary amides is 1. The SMILES string of the molecule is CC1CCC(C(N)=O)CN1S(=O)(=O)C1CCCC1C(=O)O. The predicted molar refractivity (Wildman–Crippen MR) is 75.8 cm³/mol. The van der Waals surface area contributed by atoms with Crippen molar-refractivity contribution in [3.63, 3.8) is 0 Å².